The summed E-state index contributed by atoms with van der Waals surface area (Å²) in [7, 11) is 0. The number of aromatic nitrogens is 1. The van der Waals surface area contributed by atoms with Crippen LogP contribution in [0.25, 0.3) is 0 Å². The first-order valence-electron chi connectivity index (χ1n) is 7.21. The summed E-state index contributed by atoms with van der Waals surface area (Å²) in [6, 6.07) is 3.14. The van der Waals surface area contributed by atoms with Crippen molar-refractivity contribution in [1.82, 2.24) is 9.88 Å². The lowest BCUT2D eigenvalue weighted by Crippen LogP contribution is -2.37. The molecule has 0 unspecified atom stereocenters. The van der Waals surface area contributed by atoms with E-state index >= 15 is 0 Å². The Morgan fingerprint density at radius 3 is 2.70 bits per heavy atom. The van der Waals surface area contributed by atoms with Gasteiger partial charge in [0.05, 0.1) is 0 Å². The number of rotatable bonds is 6. The van der Waals surface area contributed by atoms with Crippen molar-refractivity contribution in [2.45, 2.75) is 45.6 Å². The molecule has 0 radical (unpaired) electrons. The number of amides is 1. The second-order valence-electron chi connectivity index (χ2n) is 5.66. The normalized spacial score (nSPS) is 17.1. The zero-order valence-electron chi connectivity index (χ0n) is 11.9. The fraction of sp³-hybridized carbons (Fsp3) is 0.600. The van der Waals surface area contributed by atoms with E-state index in [9.17, 15) is 9.59 Å². The number of carboxylic acids is 1. The van der Waals surface area contributed by atoms with Gasteiger partial charge < -0.3 is 15.0 Å². The van der Waals surface area contributed by atoms with Gasteiger partial charge in [0.25, 0.3) is 0 Å². The average molecular weight is 278 g/mol. The Balaban J connectivity index is 1.89. The molecule has 0 aliphatic heterocycles. The highest BCUT2D eigenvalue weighted by molar-refractivity contribution is 5.86. The van der Waals surface area contributed by atoms with E-state index in [4.69, 9.17) is 5.11 Å². The maximum Gasteiger partial charge on any atom is 0.352 e. The Kier molecular flexibility index (Phi) is 4.47. The predicted molar refractivity (Wildman–Crippen MR) is 75.6 cm³/mol. The van der Waals surface area contributed by atoms with Crippen LogP contribution in [0.5, 0.6) is 0 Å². The van der Waals surface area contributed by atoms with E-state index in [1.54, 1.807) is 12.3 Å². The van der Waals surface area contributed by atoms with Gasteiger partial charge in [0.1, 0.15) is 12.2 Å². The Morgan fingerprint density at radius 2 is 2.10 bits per heavy atom. The molecular formula is C15H22N2O3. The molecule has 0 aromatic carbocycles. The van der Waals surface area contributed by atoms with Crippen LogP contribution < -0.4 is 5.32 Å². The van der Waals surface area contributed by atoms with Gasteiger partial charge in [0.15, 0.2) is 0 Å². The molecule has 1 saturated carbocycles. The summed E-state index contributed by atoms with van der Waals surface area (Å²) in [6.07, 6.45) is 7.53. The maximum absolute atomic E-state index is 12.0. The molecule has 2 N–H and O–H groups in total. The summed E-state index contributed by atoms with van der Waals surface area (Å²) >= 11 is 0. The first kappa shape index (κ1) is 14.6. The SMILES string of the molecule is CCC1(CNC(=O)Cn2cccc2C(=O)O)CCCC1. The Hall–Kier alpha value is -1.78. The van der Waals surface area contributed by atoms with Gasteiger partial charge in [-0.15, -0.1) is 0 Å². The highest BCUT2D eigenvalue weighted by atomic mass is 16.4. The predicted octanol–water partition coefficient (Wildman–Crippen LogP) is 2.27. The molecule has 0 bridgehead atoms. The van der Waals surface area contributed by atoms with Gasteiger partial charge in [-0.3, -0.25) is 4.79 Å². The van der Waals surface area contributed by atoms with E-state index < -0.39 is 5.97 Å². The minimum atomic E-state index is -1.01. The minimum absolute atomic E-state index is 0.0639. The maximum atomic E-state index is 12.0. The average Bonchev–Trinajstić information content (AvgIpc) is 3.05. The Labute approximate surface area is 119 Å². The molecular weight excluding hydrogens is 256 g/mol. The quantitative estimate of drug-likeness (QED) is 0.838. The van der Waals surface area contributed by atoms with Crippen molar-refractivity contribution in [3.05, 3.63) is 24.0 Å². The third kappa shape index (κ3) is 3.21. The molecule has 0 atom stereocenters. The first-order valence-corrected chi connectivity index (χ1v) is 7.21. The van der Waals surface area contributed by atoms with E-state index in [1.165, 1.54) is 36.3 Å². The van der Waals surface area contributed by atoms with Crippen molar-refractivity contribution in [3.63, 3.8) is 0 Å². The lowest BCUT2D eigenvalue weighted by atomic mass is 9.83. The molecule has 1 aliphatic carbocycles. The van der Waals surface area contributed by atoms with E-state index in [0.29, 0.717) is 6.54 Å². The van der Waals surface area contributed by atoms with Gasteiger partial charge >= 0.3 is 5.97 Å². The van der Waals surface area contributed by atoms with E-state index in [0.717, 1.165) is 6.42 Å². The topological polar surface area (TPSA) is 71.3 Å². The van der Waals surface area contributed by atoms with Crippen LogP contribution >= 0.6 is 0 Å². The molecule has 5 heteroatoms. The van der Waals surface area contributed by atoms with Crippen molar-refractivity contribution in [2.75, 3.05) is 6.54 Å². The summed E-state index contributed by atoms with van der Waals surface area (Å²) in [6.45, 7) is 2.94. The number of nitrogens with zero attached hydrogens (tertiary/aromatic N) is 1. The van der Waals surface area contributed by atoms with Crippen LogP contribution in [0.4, 0.5) is 0 Å². The summed E-state index contributed by atoms with van der Waals surface area (Å²) < 4.78 is 1.46. The Bertz CT molecular complexity index is 487. The third-order valence-electron chi connectivity index (χ3n) is 4.44. The molecule has 20 heavy (non-hydrogen) atoms. The van der Waals surface area contributed by atoms with Crippen molar-refractivity contribution >= 4 is 11.9 Å². The third-order valence-corrected chi connectivity index (χ3v) is 4.44. The van der Waals surface area contributed by atoms with Gasteiger partial charge in [0.2, 0.25) is 5.91 Å². The van der Waals surface area contributed by atoms with Crippen LogP contribution in [0.15, 0.2) is 18.3 Å². The smallest absolute Gasteiger partial charge is 0.352 e. The molecule has 1 amide bonds. The molecule has 1 fully saturated rings. The number of carboxylic acid groups (broad SMARTS) is 1. The van der Waals surface area contributed by atoms with Crippen LogP contribution in [0.3, 0.4) is 0 Å². The molecule has 5 nitrogen and oxygen atoms in total. The van der Waals surface area contributed by atoms with E-state index in [1.807, 2.05) is 0 Å². The molecule has 1 aromatic heterocycles. The molecule has 2 rings (SSSR count). The van der Waals surface area contributed by atoms with Crippen LogP contribution in [0.1, 0.15) is 49.5 Å². The molecule has 1 heterocycles. The molecule has 0 spiro atoms. The van der Waals surface area contributed by atoms with Gasteiger partial charge in [-0.2, -0.15) is 0 Å². The number of carbonyl (C=O) groups excluding carboxylic acids is 1. The fourth-order valence-corrected chi connectivity index (χ4v) is 3.02. The van der Waals surface area contributed by atoms with Gasteiger partial charge in [-0.25, -0.2) is 4.79 Å². The van der Waals surface area contributed by atoms with E-state index in [-0.39, 0.29) is 23.6 Å². The highest BCUT2D eigenvalue weighted by Crippen LogP contribution is 2.40. The molecule has 0 saturated heterocycles. The van der Waals surface area contributed by atoms with Crippen molar-refractivity contribution in [2.24, 2.45) is 5.41 Å². The number of hydrogen-bond donors (Lipinski definition) is 2. The standard InChI is InChI=1S/C15H22N2O3/c1-2-15(7-3-4-8-15)11-16-13(18)10-17-9-5-6-12(17)14(19)20/h5-6,9H,2-4,7-8,10-11H2,1H3,(H,16,18)(H,19,20). The minimum Gasteiger partial charge on any atom is -0.477 e. The second kappa shape index (κ2) is 6.11. The number of hydrogen-bond acceptors (Lipinski definition) is 2. The van der Waals surface area contributed by atoms with Gasteiger partial charge in [0, 0.05) is 12.7 Å². The van der Waals surface area contributed by atoms with Crippen LogP contribution in [0, 0.1) is 5.41 Å². The summed E-state index contributed by atoms with van der Waals surface area (Å²) in [4.78, 5) is 23.0. The molecule has 1 aliphatic rings. The second-order valence-corrected chi connectivity index (χ2v) is 5.66. The summed E-state index contributed by atoms with van der Waals surface area (Å²) in [5.74, 6) is -1.13. The highest BCUT2D eigenvalue weighted by Gasteiger charge is 2.32. The first-order chi connectivity index (χ1) is 9.56. The zero-order valence-corrected chi connectivity index (χ0v) is 11.9. The van der Waals surface area contributed by atoms with E-state index in [2.05, 4.69) is 12.2 Å². The largest absolute Gasteiger partial charge is 0.477 e. The Morgan fingerprint density at radius 1 is 1.40 bits per heavy atom. The van der Waals surface area contributed by atoms with Crippen LogP contribution in [-0.2, 0) is 11.3 Å². The van der Waals surface area contributed by atoms with Crippen molar-refractivity contribution in [3.8, 4) is 0 Å². The van der Waals surface area contributed by atoms with Gasteiger partial charge in [-0.1, -0.05) is 19.8 Å². The molecule has 1 aromatic rings. The summed E-state index contributed by atoms with van der Waals surface area (Å²) in [5.41, 5.74) is 0.397. The van der Waals surface area contributed by atoms with Crippen LogP contribution in [-0.4, -0.2) is 28.1 Å². The number of aromatic carboxylic acids is 1. The van der Waals surface area contributed by atoms with Crippen LogP contribution in [0.2, 0.25) is 0 Å². The monoisotopic (exact) mass is 278 g/mol. The van der Waals surface area contributed by atoms with Crippen molar-refractivity contribution in [1.29, 1.82) is 0 Å². The van der Waals surface area contributed by atoms with Gasteiger partial charge in [-0.05, 0) is 36.8 Å². The summed E-state index contributed by atoms with van der Waals surface area (Å²) in [5, 5.41) is 12.0. The van der Waals surface area contributed by atoms with Crippen molar-refractivity contribution < 1.29 is 14.7 Å². The lowest BCUT2D eigenvalue weighted by Gasteiger charge is -2.27. The zero-order chi connectivity index (χ0) is 14.6. The lowest BCUT2D eigenvalue weighted by molar-refractivity contribution is -0.122. The number of carbonyl (C=O) groups is 2. The number of nitrogens with one attached hydrogen (secondary N) is 1. The fourth-order valence-electron chi connectivity index (χ4n) is 3.02. The molecule has 110 valence electrons.